The lowest BCUT2D eigenvalue weighted by Gasteiger charge is -2.12. The lowest BCUT2D eigenvalue weighted by molar-refractivity contribution is 0.454. The molecule has 2 aromatic heterocycles. The Balaban J connectivity index is 2.34. The molecule has 0 aliphatic carbocycles. The van der Waals surface area contributed by atoms with Gasteiger partial charge in [-0.3, -0.25) is 4.98 Å². The summed E-state index contributed by atoms with van der Waals surface area (Å²) in [7, 11) is 0. The fourth-order valence-corrected chi connectivity index (χ4v) is 1.77. The van der Waals surface area contributed by atoms with Crippen molar-refractivity contribution in [3.63, 3.8) is 0 Å². The molecule has 0 spiro atoms. The minimum Gasteiger partial charge on any atom is -0.437 e. The average Bonchev–Trinajstić information content (AvgIpc) is 2.35. The normalized spacial score (nSPS) is 10.3. The van der Waals surface area contributed by atoms with Gasteiger partial charge >= 0.3 is 0 Å². The molecule has 5 nitrogen and oxygen atoms in total. The summed E-state index contributed by atoms with van der Waals surface area (Å²) < 4.78 is 5.72. The standard InChI is InChI=1S/C13H15ClN4O/c1-4-16-12-8(2)13(18-9(3)17-12)19-11-5-10(14)6-15-7-11/h5-7H,4H2,1-3H3,(H,16,17,18). The summed E-state index contributed by atoms with van der Waals surface area (Å²) in [5, 5.41) is 3.70. The highest BCUT2D eigenvalue weighted by molar-refractivity contribution is 6.30. The highest BCUT2D eigenvalue weighted by Crippen LogP contribution is 2.27. The van der Waals surface area contributed by atoms with Crippen molar-refractivity contribution in [2.75, 3.05) is 11.9 Å². The fraction of sp³-hybridized carbons (Fsp3) is 0.308. The van der Waals surface area contributed by atoms with Crippen LogP contribution < -0.4 is 10.1 Å². The van der Waals surface area contributed by atoms with Crippen LogP contribution in [0.1, 0.15) is 18.3 Å². The number of nitrogens with one attached hydrogen (secondary N) is 1. The number of aromatic nitrogens is 3. The van der Waals surface area contributed by atoms with Gasteiger partial charge in [0.15, 0.2) is 0 Å². The summed E-state index contributed by atoms with van der Waals surface area (Å²) in [6.45, 7) is 6.53. The van der Waals surface area contributed by atoms with Crippen LogP contribution in [-0.2, 0) is 0 Å². The van der Waals surface area contributed by atoms with Gasteiger partial charge in [-0.25, -0.2) is 4.98 Å². The van der Waals surface area contributed by atoms with E-state index in [2.05, 4.69) is 20.3 Å². The van der Waals surface area contributed by atoms with E-state index in [1.54, 1.807) is 18.5 Å². The summed E-state index contributed by atoms with van der Waals surface area (Å²) >= 11 is 5.88. The summed E-state index contributed by atoms with van der Waals surface area (Å²) in [5.74, 6) is 2.48. The molecule has 1 N–H and O–H groups in total. The van der Waals surface area contributed by atoms with Gasteiger partial charge in [0.2, 0.25) is 5.88 Å². The van der Waals surface area contributed by atoms with E-state index < -0.39 is 0 Å². The van der Waals surface area contributed by atoms with Crippen molar-refractivity contribution in [3.05, 3.63) is 34.9 Å². The smallest absolute Gasteiger partial charge is 0.227 e. The molecule has 100 valence electrons. The molecule has 0 fully saturated rings. The molecule has 0 aliphatic heterocycles. The van der Waals surface area contributed by atoms with Crippen LogP contribution in [0.3, 0.4) is 0 Å². The third-order valence-corrected chi connectivity index (χ3v) is 2.66. The highest BCUT2D eigenvalue weighted by atomic mass is 35.5. The summed E-state index contributed by atoms with van der Waals surface area (Å²) in [4.78, 5) is 12.6. The number of nitrogens with zero attached hydrogens (tertiary/aromatic N) is 3. The minimum absolute atomic E-state index is 0.507. The Labute approximate surface area is 117 Å². The van der Waals surface area contributed by atoms with Crippen molar-refractivity contribution >= 4 is 17.4 Å². The van der Waals surface area contributed by atoms with Gasteiger partial charge in [-0.05, 0) is 20.8 Å². The van der Waals surface area contributed by atoms with E-state index in [0.717, 1.165) is 17.9 Å². The van der Waals surface area contributed by atoms with Gasteiger partial charge in [-0.2, -0.15) is 4.98 Å². The fourth-order valence-electron chi connectivity index (χ4n) is 1.60. The van der Waals surface area contributed by atoms with Crippen LogP contribution >= 0.6 is 11.6 Å². The Morgan fingerprint density at radius 1 is 1.26 bits per heavy atom. The van der Waals surface area contributed by atoms with Crippen molar-refractivity contribution in [1.29, 1.82) is 0 Å². The maximum Gasteiger partial charge on any atom is 0.227 e. The molecule has 0 aromatic carbocycles. The maximum atomic E-state index is 5.88. The third kappa shape index (κ3) is 3.32. The van der Waals surface area contributed by atoms with Crippen molar-refractivity contribution in [2.24, 2.45) is 0 Å². The van der Waals surface area contributed by atoms with Crippen molar-refractivity contribution in [1.82, 2.24) is 15.0 Å². The number of rotatable bonds is 4. The maximum absolute atomic E-state index is 5.88. The third-order valence-electron chi connectivity index (χ3n) is 2.45. The molecule has 2 rings (SSSR count). The minimum atomic E-state index is 0.507. The predicted octanol–water partition coefficient (Wildman–Crippen LogP) is 3.37. The summed E-state index contributed by atoms with van der Waals surface area (Å²) in [5.41, 5.74) is 0.854. The monoisotopic (exact) mass is 278 g/mol. The molecule has 19 heavy (non-hydrogen) atoms. The molecule has 2 heterocycles. The molecule has 6 heteroatoms. The van der Waals surface area contributed by atoms with E-state index in [-0.39, 0.29) is 0 Å². The van der Waals surface area contributed by atoms with Gasteiger partial charge in [-0.1, -0.05) is 11.6 Å². The summed E-state index contributed by atoms with van der Waals surface area (Å²) in [6, 6.07) is 1.69. The number of hydrogen-bond acceptors (Lipinski definition) is 5. The van der Waals surface area contributed by atoms with E-state index in [1.807, 2.05) is 20.8 Å². The average molecular weight is 279 g/mol. The molecule has 0 saturated carbocycles. The molecule has 0 bridgehead atoms. The Morgan fingerprint density at radius 3 is 2.74 bits per heavy atom. The number of aryl methyl sites for hydroxylation is 1. The van der Waals surface area contributed by atoms with Gasteiger partial charge in [0.05, 0.1) is 16.8 Å². The lowest BCUT2D eigenvalue weighted by atomic mass is 10.3. The van der Waals surface area contributed by atoms with Crippen molar-refractivity contribution < 1.29 is 4.74 Å². The molecule has 0 amide bonds. The first-order valence-electron chi connectivity index (χ1n) is 5.97. The number of ether oxygens (including phenoxy) is 1. The number of anilines is 1. The molecular weight excluding hydrogens is 264 g/mol. The Morgan fingerprint density at radius 2 is 2.05 bits per heavy atom. The largest absolute Gasteiger partial charge is 0.437 e. The topological polar surface area (TPSA) is 59.9 Å². The van der Waals surface area contributed by atoms with E-state index in [0.29, 0.717) is 22.5 Å². The quantitative estimate of drug-likeness (QED) is 0.929. The van der Waals surface area contributed by atoms with Gasteiger partial charge in [0, 0.05) is 18.8 Å². The van der Waals surface area contributed by atoms with Gasteiger partial charge in [-0.15, -0.1) is 0 Å². The first-order valence-corrected chi connectivity index (χ1v) is 6.35. The van der Waals surface area contributed by atoms with Crippen LogP contribution in [0.15, 0.2) is 18.5 Å². The first kappa shape index (κ1) is 13.5. The van der Waals surface area contributed by atoms with E-state index >= 15 is 0 Å². The van der Waals surface area contributed by atoms with E-state index in [4.69, 9.17) is 16.3 Å². The molecule has 0 radical (unpaired) electrons. The Bertz CT molecular complexity index is 589. The molecule has 0 atom stereocenters. The second-order valence-electron chi connectivity index (χ2n) is 4.02. The van der Waals surface area contributed by atoms with Crippen molar-refractivity contribution in [2.45, 2.75) is 20.8 Å². The number of pyridine rings is 1. The lowest BCUT2D eigenvalue weighted by Crippen LogP contribution is -2.06. The van der Waals surface area contributed by atoms with Gasteiger partial charge in [0.1, 0.15) is 17.4 Å². The van der Waals surface area contributed by atoms with Crippen LogP contribution in [-0.4, -0.2) is 21.5 Å². The number of halogens is 1. The Kier molecular flexibility index (Phi) is 4.16. The number of hydrogen-bond donors (Lipinski definition) is 1. The second kappa shape index (κ2) is 5.84. The SMILES string of the molecule is CCNc1nc(C)nc(Oc2cncc(Cl)c2)c1C. The van der Waals surface area contributed by atoms with Crippen LogP contribution in [0, 0.1) is 13.8 Å². The van der Waals surface area contributed by atoms with Gasteiger partial charge in [0.25, 0.3) is 0 Å². The van der Waals surface area contributed by atoms with E-state index in [9.17, 15) is 0 Å². The molecular formula is C13H15ClN4O. The van der Waals surface area contributed by atoms with Crippen LogP contribution in [0.2, 0.25) is 5.02 Å². The molecule has 0 saturated heterocycles. The van der Waals surface area contributed by atoms with Crippen LogP contribution in [0.5, 0.6) is 11.6 Å². The second-order valence-corrected chi connectivity index (χ2v) is 4.46. The Hall–Kier alpha value is -1.88. The zero-order chi connectivity index (χ0) is 13.8. The van der Waals surface area contributed by atoms with Crippen LogP contribution in [0.25, 0.3) is 0 Å². The van der Waals surface area contributed by atoms with Gasteiger partial charge < -0.3 is 10.1 Å². The summed E-state index contributed by atoms with van der Waals surface area (Å²) in [6.07, 6.45) is 3.15. The zero-order valence-corrected chi connectivity index (χ0v) is 11.8. The first-order chi connectivity index (χ1) is 9.10. The van der Waals surface area contributed by atoms with Crippen LogP contribution in [0.4, 0.5) is 5.82 Å². The predicted molar refractivity (Wildman–Crippen MR) is 75.0 cm³/mol. The van der Waals surface area contributed by atoms with Crippen molar-refractivity contribution in [3.8, 4) is 11.6 Å². The molecule has 0 unspecified atom stereocenters. The van der Waals surface area contributed by atoms with E-state index in [1.165, 1.54) is 0 Å². The molecule has 2 aromatic rings. The zero-order valence-electron chi connectivity index (χ0n) is 11.1. The highest BCUT2D eigenvalue weighted by Gasteiger charge is 2.11. The molecule has 0 aliphatic rings.